The van der Waals surface area contributed by atoms with E-state index in [9.17, 15) is 4.79 Å². The fraction of sp³-hybridized carbons (Fsp3) is 0.118. The molecule has 0 unspecified atom stereocenters. The van der Waals surface area contributed by atoms with Crippen LogP contribution in [0.5, 0.6) is 0 Å². The SMILES string of the molecule is COC(=O)c1c(C)c(-c2cccs2)c2nsnc2c1-c1cccs1. The first kappa shape index (κ1) is 15.4. The number of methoxy groups -OCH3 is 1. The monoisotopic (exact) mass is 372 g/mol. The zero-order valence-corrected chi connectivity index (χ0v) is 15.3. The number of aromatic nitrogens is 2. The van der Waals surface area contributed by atoms with Gasteiger partial charge in [0.25, 0.3) is 0 Å². The molecule has 3 aromatic heterocycles. The van der Waals surface area contributed by atoms with Crippen molar-refractivity contribution >= 4 is 51.4 Å². The molecule has 3 heterocycles. The molecule has 0 N–H and O–H groups in total. The Labute approximate surface area is 150 Å². The molecule has 0 saturated carbocycles. The van der Waals surface area contributed by atoms with Crippen molar-refractivity contribution in [1.82, 2.24) is 8.75 Å². The van der Waals surface area contributed by atoms with Gasteiger partial charge in [-0.25, -0.2) is 4.79 Å². The molecule has 7 heteroatoms. The average molecular weight is 372 g/mol. The van der Waals surface area contributed by atoms with Crippen molar-refractivity contribution in [2.24, 2.45) is 0 Å². The van der Waals surface area contributed by atoms with Crippen LogP contribution in [0.3, 0.4) is 0 Å². The van der Waals surface area contributed by atoms with E-state index in [1.807, 2.05) is 41.9 Å². The highest BCUT2D eigenvalue weighted by Gasteiger charge is 2.27. The summed E-state index contributed by atoms with van der Waals surface area (Å²) in [6, 6.07) is 8.00. The van der Waals surface area contributed by atoms with E-state index in [1.54, 1.807) is 22.7 Å². The van der Waals surface area contributed by atoms with E-state index in [0.717, 1.165) is 37.5 Å². The van der Waals surface area contributed by atoms with Crippen LogP contribution in [0.25, 0.3) is 31.9 Å². The minimum Gasteiger partial charge on any atom is -0.465 e. The maximum Gasteiger partial charge on any atom is 0.338 e. The highest BCUT2D eigenvalue weighted by molar-refractivity contribution is 7.14. The van der Waals surface area contributed by atoms with Crippen molar-refractivity contribution in [2.45, 2.75) is 6.92 Å². The Kier molecular flexibility index (Phi) is 3.91. The summed E-state index contributed by atoms with van der Waals surface area (Å²) < 4.78 is 14.1. The number of hydrogen-bond acceptors (Lipinski definition) is 7. The van der Waals surface area contributed by atoms with E-state index in [-0.39, 0.29) is 5.97 Å². The third-order valence-electron chi connectivity index (χ3n) is 3.89. The lowest BCUT2D eigenvalue weighted by molar-refractivity contribution is 0.0601. The zero-order chi connectivity index (χ0) is 16.7. The van der Waals surface area contributed by atoms with Crippen molar-refractivity contribution in [2.75, 3.05) is 7.11 Å². The second kappa shape index (κ2) is 6.08. The summed E-state index contributed by atoms with van der Waals surface area (Å²) in [5.74, 6) is -0.344. The first-order chi connectivity index (χ1) is 11.7. The van der Waals surface area contributed by atoms with E-state index in [4.69, 9.17) is 4.74 Å². The second-order valence-electron chi connectivity index (χ2n) is 5.16. The van der Waals surface area contributed by atoms with Gasteiger partial charge in [-0.3, -0.25) is 0 Å². The second-order valence-corrected chi connectivity index (χ2v) is 7.58. The quantitative estimate of drug-likeness (QED) is 0.461. The third kappa shape index (κ3) is 2.28. The molecule has 24 heavy (non-hydrogen) atoms. The predicted molar refractivity (Wildman–Crippen MR) is 100 cm³/mol. The summed E-state index contributed by atoms with van der Waals surface area (Å²) in [6.45, 7) is 1.96. The number of carbonyl (C=O) groups is 1. The molecule has 0 atom stereocenters. The molecule has 0 saturated heterocycles. The molecule has 0 aliphatic heterocycles. The average Bonchev–Trinajstić information content (AvgIpc) is 3.33. The standard InChI is InChI=1S/C17H12N2O2S3/c1-9-12(10-5-3-7-22-10)15-16(19-24-18-15)14(11-6-4-8-23-11)13(9)17(20)21-2/h3-8H,1-2H3. The van der Waals surface area contributed by atoms with Crippen LogP contribution in [-0.2, 0) is 4.74 Å². The van der Waals surface area contributed by atoms with Crippen LogP contribution in [0, 0.1) is 6.92 Å². The van der Waals surface area contributed by atoms with E-state index in [2.05, 4.69) is 8.75 Å². The molecule has 0 radical (unpaired) electrons. The first-order valence-corrected chi connectivity index (χ1v) is 9.66. The molecule has 120 valence electrons. The summed E-state index contributed by atoms with van der Waals surface area (Å²) in [5.41, 5.74) is 4.84. The number of esters is 1. The van der Waals surface area contributed by atoms with Gasteiger partial charge in [0.1, 0.15) is 11.0 Å². The molecule has 0 aliphatic rings. The normalized spacial score (nSPS) is 11.1. The van der Waals surface area contributed by atoms with Crippen LogP contribution in [-0.4, -0.2) is 21.8 Å². The number of hydrogen-bond donors (Lipinski definition) is 0. The summed E-state index contributed by atoms with van der Waals surface area (Å²) in [6.07, 6.45) is 0. The lowest BCUT2D eigenvalue weighted by Gasteiger charge is -2.14. The Balaban J connectivity index is 2.18. The fourth-order valence-electron chi connectivity index (χ4n) is 2.87. The van der Waals surface area contributed by atoms with Crippen molar-refractivity contribution in [3.63, 3.8) is 0 Å². The number of nitrogens with zero attached hydrogens (tertiary/aromatic N) is 2. The van der Waals surface area contributed by atoms with Crippen LogP contribution < -0.4 is 0 Å². The highest BCUT2D eigenvalue weighted by atomic mass is 32.1. The van der Waals surface area contributed by atoms with Crippen molar-refractivity contribution < 1.29 is 9.53 Å². The molecule has 0 amide bonds. The van der Waals surface area contributed by atoms with Gasteiger partial charge in [0.2, 0.25) is 0 Å². The van der Waals surface area contributed by atoms with Crippen molar-refractivity contribution in [3.8, 4) is 20.9 Å². The number of fused-ring (bicyclic) bond motifs is 1. The topological polar surface area (TPSA) is 52.1 Å². The van der Waals surface area contributed by atoms with E-state index < -0.39 is 0 Å². The Morgan fingerprint density at radius 1 is 1.00 bits per heavy atom. The molecule has 1 aromatic carbocycles. The number of rotatable bonds is 3. The summed E-state index contributed by atoms with van der Waals surface area (Å²) in [7, 11) is 1.41. The van der Waals surface area contributed by atoms with Gasteiger partial charge in [0, 0.05) is 20.9 Å². The highest BCUT2D eigenvalue weighted by Crippen LogP contribution is 2.43. The minimum atomic E-state index is -0.344. The number of carbonyl (C=O) groups excluding carboxylic acids is 1. The zero-order valence-electron chi connectivity index (χ0n) is 12.9. The van der Waals surface area contributed by atoms with Crippen molar-refractivity contribution in [1.29, 1.82) is 0 Å². The van der Waals surface area contributed by atoms with Gasteiger partial charge >= 0.3 is 5.97 Å². The molecule has 0 aliphatic carbocycles. The van der Waals surface area contributed by atoms with Gasteiger partial charge in [0.05, 0.1) is 24.4 Å². The van der Waals surface area contributed by atoms with Crippen LogP contribution in [0.4, 0.5) is 0 Å². The molecule has 0 spiro atoms. The smallest absolute Gasteiger partial charge is 0.338 e. The third-order valence-corrected chi connectivity index (χ3v) is 6.19. The Bertz CT molecular complexity index is 1020. The summed E-state index contributed by atoms with van der Waals surface area (Å²) >= 11 is 4.38. The van der Waals surface area contributed by atoms with Crippen LogP contribution >= 0.6 is 34.4 Å². The first-order valence-electron chi connectivity index (χ1n) is 7.17. The summed E-state index contributed by atoms with van der Waals surface area (Å²) in [4.78, 5) is 14.6. The Morgan fingerprint density at radius 3 is 2.12 bits per heavy atom. The number of benzene rings is 1. The van der Waals surface area contributed by atoms with Gasteiger partial charge < -0.3 is 4.74 Å². The summed E-state index contributed by atoms with van der Waals surface area (Å²) in [5, 5.41) is 4.01. The van der Waals surface area contributed by atoms with Crippen LogP contribution in [0.2, 0.25) is 0 Å². The maximum atomic E-state index is 12.6. The van der Waals surface area contributed by atoms with Gasteiger partial charge in [0.15, 0.2) is 0 Å². The van der Waals surface area contributed by atoms with Gasteiger partial charge in [-0.05, 0) is 35.4 Å². The molecule has 4 rings (SSSR count). The molecular weight excluding hydrogens is 360 g/mol. The number of thiophene rings is 2. The van der Waals surface area contributed by atoms with E-state index in [0.29, 0.717) is 5.56 Å². The lowest BCUT2D eigenvalue weighted by atomic mass is 9.93. The van der Waals surface area contributed by atoms with Gasteiger partial charge in [-0.1, -0.05) is 12.1 Å². The van der Waals surface area contributed by atoms with Gasteiger partial charge in [-0.15, -0.1) is 22.7 Å². The molecule has 0 fully saturated rings. The Hall–Kier alpha value is -2.09. The minimum absolute atomic E-state index is 0.344. The maximum absolute atomic E-state index is 12.6. The van der Waals surface area contributed by atoms with Crippen LogP contribution in [0.15, 0.2) is 35.0 Å². The fourth-order valence-corrected chi connectivity index (χ4v) is 5.03. The van der Waals surface area contributed by atoms with E-state index in [1.165, 1.54) is 18.8 Å². The van der Waals surface area contributed by atoms with Crippen molar-refractivity contribution in [3.05, 3.63) is 46.2 Å². The predicted octanol–water partition coefficient (Wildman–Crippen LogP) is 5.24. The lowest BCUT2D eigenvalue weighted by Crippen LogP contribution is -2.08. The molecule has 4 nitrogen and oxygen atoms in total. The van der Waals surface area contributed by atoms with Crippen LogP contribution in [0.1, 0.15) is 15.9 Å². The van der Waals surface area contributed by atoms with Gasteiger partial charge in [-0.2, -0.15) is 8.75 Å². The largest absolute Gasteiger partial charge is 0.465 e. The number of ether oxygens (including phenoxy) is 1. The molecular formula is C17H12N2O2S3. The molecule has 4 aromatic rings. The van der Waals surface area contributed by atoms with E-state index >= 15 is 0 Å². The molecule has 0 bridgehead atoms. The Morgan fingerprint density at radius 2 is 1.58 bits per heavy atom.